The zero-order valence-electron chi connectivity index (χ0n) is 15.4. The highest BCUT2D eigenvalue weighted by Gasteiger charge is 2.29. The zero-order chi connectivity index (χ0) is 17.9. The average molecular weight is 421 g/mol. The van der Waals surface area contributed by atoms with E-state index in [4.69, 9.17) is 4.42 Å². The van der Waals surface area contributed by atoms with Crippen molar-refractivity contribution in [1.82, 2.24) is 20.2 Å². The first-order valence-electron chi connectivity index (χ1n) is 8.67. The van der Waals surface area contributed by atoms with E-state index in [9.17, 15) is 4.79 Å². The van der Waals surface area contributed by atoms with Crippen LogP contribution in [0.5, 0.6) is 0 Å². The highest BCUT2D eigenvalue weighted by Crippen LogP contribution is 2.25. The van der Waals surface area contributed by atoms with Crippen molar-refractivity contribution in [1.29, 1.82) is 0 Å². The van der Waals surface area contributed by atoms with Crippen LogP contribution < -0.4 is 5.32 Å². The summed E-state index contributed by atoms with van der Waals surface area (Å²) in [6.45, 7) is 4.01. The largest absolute Gasteiger partial charge is 0.463 e. The number of halogens is 2. The van der Waals surface area contributed by atoms with Gasteiger partial charge in [0.1, 0.15) is 5.69 Å². The molecule has 1 amide bonds. The molecule has 1 N–H and O–H groups in total. The van der Waals surface area contributed by atoms with Gasteiger partial charge >= 0.3 is 0 Å². The van der Waals surface area contributed by atoms with Crippen LogP contribution in [0.4, 0.5) is 0 Å². The van der Waals surface area contributed by atoms with E-state index in [0.717, 1.165) is 17.8 Å². The summed E-state index contributed by atoms with van der Waals surface area (Å²) in [5.41, 5.74) is 3.09. The van der Waals surface area contributed by atoms with Gasteiger partial charge in [-0.3, -0.25) is 9.78 Å². The van der Waals surface area contributed by atoms with Crippen LogP contribution in [-0.4, -0.2) is 40.4 Å². The van der Waals surface area contributed by atoms with Crippen LogP contribution in [0.3, 0.4) is 0 Å². The molecule has 1 saturated heterocycles. The molecule has 8 heteroatoms. The minimum Gasteiger partial charge on any atom is -0.463 e. The van der Waals surface area contributed by atoms with Crippen molar-refractivity contribution in [3.63, 3.8) is 0 Å². The summed E-state index contributed by atoms with van der Waals surface area (Å²) in [6.07, 6.45) is 5.18. The maximum atomic E-state index is 13.2. The van der Waals surface area contributed by atoms with E-state index in [2.05, 4.69) is 15.3 Å². The molecule has 4 rings (SSSR count). The summed E-state index contributed by atoms with van der Waals surface area (Å²) in [5.74, 6) is 0.693. The Balaban J connectivity index is 0.00000140. The lowest BCUT2D eigenvalue weighted by Gasteiger charge is -2.36. The second-order valence-electron chi connectivity index (χ2n) is 6.31. The summed E-state index contributed by atoms with van der Waals surface area (Å²) in [5, 5.41) is 3.36. The van der Waals surface area contributed by atoms with Gasteiger partial charge in [0, 0.05) is 32.0 Å². The molecule has 1 unspecified atom stereocenters. The molecule has 28 heavy (non-hydrogen) atoms. The summed E-state index contributed by atoms with van der Waals surface area (Å²) in [6, 6.07) is 11.2. The molecule has 0 spiro atoms. The fourth-order valence-corrected chi connectivity index (χ4v) is 3.32. The molecule has 148 valence electrons. The number of carbonyl (C=O) groups is 1. The molecule has 6 nitrogen and oxygen atoms in total. The molecule has 0 bridgehead atoms. The Hall–Kier alpha value is -2.41. The Morgan fingerprint density at radius 1 is 1.21 bits per heavy atom. The Labute approximate surface area is 176 Å². The first-order chi connectivity index (χ1) is 12.7. The third-order valence-corrected chi connectivity index (χ3v) is 4.66. The number of hydrogen-bond donors (Lipinski definition) is 1. The maximum Gasteiger partial charge on any atom is 0.256 e. The lowest BCUT2D eigenvalue weighted by Crippen LogP contribution is -2.48. The summed E-state index contributed by atoms with van der Waals surface area (Å²) < 4.78 is 5.39. The van der Waals surface area contributed by atoms with Crippen molar-refractivity contribution in [3.8, 4) is 11.5 Å². The molecule has 1 atom stereocenters. The predicted octanol–water partition coefficient (Wildman–Crippen LogP) is 3.68. The number of hydrogen-bond acceptors (Lipinski definition) is 5. The van der Waals surface area contributed by atoms with Crippen LogP contribution in [0, 0.1) is 6.92 Å². The summed E-state index contributed by atoms with van der Waals surface area (Å²) in [7, 11) is 0. The second-order valence-corrected chi connectivity index (χ2v) is 6.31. The molecule has 0 saturated carbocycles. The van der Waals surface area contributed by atoms with E-state index in [1.807, 2.05) is 54.4 Å². The van der Waals surface area contributed by atoms with Crippen LogP contribution in [0.15, 0.2) is 59.5 Å². The summed E-state index contributed by atoms with van der Waals surface area (Å²) >= 11 is 0. The Morgan fingerprint density at radius 3 is 2.75 bits per heavy atom. The molecule has 0 aromatic carbocycles. The number of nitrogens with one attached hydrogen (secondary N) is 1. The van der Waals surface area contributed by atoms with Crippen molar-refractivity contribution >= 4 is 30.7 Å². The second kappa shape index (κ2) is 9.68. The highest BCUT2D eigenvalue weighted by atomic mass is 35.5. The topological polar surface area (TPSA) is 71.3 Å². The molecular formula is C20H22Cl2N4O2. The van der Waals surface area contributed by atoms with Gasteiger partial charge in [-0.1, -0.05) is 6.07 Å². The van der Waals surface area contributed by atoms with Crippen LogP contribution in [0.2, 0.25) is 0 Å². The monoisotopic (exact) mass is 420 g/mol. The number of rotatable bonds is 3. The number of nitrogens with zero attached hydrogens (tertiary/aromatic N) is 3. The lowest BCUT2D eigenvalue weighted by atomic mass is 10.0. The van der Waals surface area contributed by atoms with Gasteiger partial charge in [-0.05, 0) is 42.8 Å². The van der Waals surface area contributed by atoms with E-state index in [1.54, 1.807) is 12.5 Å². The molecule has 0 aliphatic carbocycles. The molecule has 0 radical (unpaired) electrons. The normalized spacial score (nSPS) is 16.0. The van der Waals surface area contributed by atoms with Gasteiger partial charge < -0.3 is 14.6 Å². The number of aryl methyl sites for hydroxylation is 1. The highest BCUT2D eigenvalue weighted by molar-refractivity contribution is 5.96. The smallest absolute Gasteiger partial charge is 0.256 e. The van der Waals surface area contributed by atoms with E-state index < -0.39 is 0 Å². The fourth-order valence-electron chi connectivity index (χ4n) is 3.32. The summed E-state index contributed by atoms with van der Waals surface area (Å²) in [4.78, 5) is 23.9. The molecule has 3 aromatic heterocycles. The molecule has 3 aromatic rings. The zero-order valence-corrected chi connectivity index (χ0v) is 17.0. The van der Waals surface area contributed by atoms with Gasteiger partial charge in [-0.25, -0.2) is 4.98 Å². The minimum absolute atomic E-state index is 0. The van der Waals surface area contributed by atoms with Gasteiger partial charge in [0.05, 0.1) is 23.6 Å². The maximum absolute atomic E-state index is 13.2. The van der Waals surface area contributed by atoms with Gasteiger partial charge in [0.25, 0.3) is 5.91 Å². The van der Waals surface area contributed by atoms with Crippen molar-refractivity contribution in [2.24, 2.45) is 0 Å². The molecular weight excluding hydrogens is 399 g/mol. The molecule has 1 aliphatic heterocycles. The van der Waals surface area contributed by atoms with E-state index in [0.29, 0.717) is 30.1 Å². The van der Waals surface area contributed by atoms with Crippen molar-refractivity contribution < 1.29 is 9.21 Å². The first-order valence-corrected chi connectivity index (χ1v) is 8.67. The third-order valence-electron chi connectivity index (χ3n) is 4.66. The van der Waals surface area contributed by atoms with Crippen LogP contribution in [0.25, 0.3) is 11.5 Å². The Bertz CT molecular complexity index is 904. The van der Waals surface area contributed by atoms with Gasteiger partial charge in [-0.15, -0.1) is 24.8 Å². The van der Waals surface area contributed by atoms with E-state index in [-0.39, 0.29) is 36.8 Å². The number of aromatic nitrogens is 2. The van der Waals surface area contributed by atoms with Gasteiger partial charge in [-0.2, -0.15) is 0 Å². The molecule has 4 heterocycles. The van der Waals surface area contributed by atoms with Crippen molar-refractivity contribution in [3.05, 3.63) is 71.9 Å². The third kappa shape index (κ3) is 4.35. The Morgan fingerprint density at radius 2 is 2.07 bits per heavy atom. The Kier molecular flexibility index (Phi) is 7.57. The number of piperazine rings is 1. The number of carbonyl (C=O) groups excluding carboxylic acids is 1. The van der Waals surface area contributed by atoms with Crippen molar-refractivity contribution in [2.45, 2.75) is 13.0 Å². The quantitative estimate of drug-likeness (QED) is 0.699. The minimum atomic E-state index is -0.0332. The number of amides is 1. The van der Waals surface area contributed by atoms with Gasteiger partial charge in [0.15, 0.2) is 5.76 Å². The van der Waals surface area contributed by atoms with E-state index in [1.165, 1.54) is 0 Å². The van der Waals surface area contributed by atoms with Gasteiger partial charge in [0.2, 0.25) is 0 Å². The molecule has 1 aliphatic rings. The standard InChI is InChI=1S/C20H20N4O2.2ClH/c1-14-16(6-7-17(23-14)19-5-3-11-26-19)20(25)24-10-9-22-13-18(24)15-4-2-8-21-12-15;;/h2-8,11-12,18,22H,9-10,13H2,1H3;2*1H. The number of furan rings is 1. The predicted molar refractivity (Wildman–Crippen MR) is 112 cm³/mol. The lowest BCUT2D eigenvalue weighted by molar-refractivity contribution is 0.0632. The van der Waals surface area contributed by atoms with E-state index >= 15 is 0 Å². The SMILES string of the molecule is Cc1nc(-c2ccco2)ccc1C(=O)N1CCNCC1c1cccnc1.Cl.Cl. The van der Waals surface area contributed by atoms with Crippen LogP contribution in [-0.2, 0) is 0 Å². The average Bonchev–Trinajstić information content (AvgIpc) is 3.23. The fraction of sp³-hybridized carbons (Fsp3) is 0.250. The number of pyridine rings is 2. The van der Waals surface area contributed by atoms with Crippen molar-refractivity contribution in [2.75, 3.05) is 19.6 Å². The first kappa shape index (κ1) is 21.9. The van der Waals surface area contributed by atoms with Crippen LogP contribution in [0.1, 0.15) is 27.7 Å². The van der Waals surface area contributed by atoms with Crippen LogP contribution >= 0.6 is 24.8 Å². The molecule has 1 fully saturated rings.